The van der Waals surface area contributed by atoms with E-state index in [0.29, 0.717) is 32.9 Å². The van der Waals surface area contributed by atoms with Crippen molar-refractivity contribution >= 4 is 29.5 Å². The number of methoxy groups -OCH3 is 1. The van der Waals surface area contributed by atoms with Gasteiger partial charge in [0.1, 0.15) is 25.2 Å². The van der Waals surface area contributed by atoms with Crippen LogP contribution >= 0.6 is 23.2 Å². The van der Waals surface area contributed by atoms with Crippen molar-refractivity contribution in [1.82, 2.24) is 0 Å². The molecule has 0 fully saturated rings. The maximum atomic E-state index is 10.8. The van der Waals surface area contributed by atoms with Gasteiger partial charge in [-0.15, -0.1) is 0 Å². The van der Waals surface area contributed by atoms with Crippen molar-refractivity contribution in [1.29, 1.82) is 0 Å². The van der Waals surface area contributed by atoms with Crippen molar-refractivity contribution in [3.63, 3.8) is 0 Å². The average molecular weight is 341 g/mol. The molecule has 0 amide bonds. The van der Waals surface area contributed by atoms with E-state index in [9.17, 15) is 4.79 Å². The van der Waals surface area contributed by atoms with E-state index < -0.39 is 0 Å². The van der Waals surface area contributed by atoms with Crippen LogP contribution in [-0.2, 0) is 0 Å². The fraction of sp³-hybridized carbons (Fsp3) is 0.188. The van der Waals surface area contributed by atoms with Crippen LogP contribution in [0.15, 0.2) is 36.4 Å². The second-order valence-corrected chi connectivity index (χ2v) is 5.14. The van der Waals surface area contributed by atoms with E-state index in [1.165, 1.54) is 7.11 Å². The lowest BCUT2D eigenvalue weighted by atomic mass is 10.2. The molecule has 0 aromatic heterocycles. The van der Waals surface area contributed by atoms with Crippen molar-refractivity contribution in [3.8, 4) is 17.2 Å². The Kier molecular flexibility index (Phi) is 5.92. The molecule has 2 aromatic carbocycles. The number of aldehydes is 1. The lowest BCUT2D eigenvalue weighted by Gasteiger charge is -2.12. The SMILES string of the molecule is COc1ccc(C=O)cc1OCCOc1ccc(Cl)cc1Cl. The van der Waals surface area contributed by atoms with Gasteiger partial charge in [-0.2, -0.15) is 0 Å². The largest absolute Gasteiger partial charge is 0.493 e. The first kappa shape index (κ1) is 16.5. The van der Waals surface area contributed by atoms with Crippen molar-refractivity contribution < 1.29 is 19.0 Å². The molecule has 0 aliphatic rings. The lowest BCUT2D eigenvalue weighted by molar-refractivity contribution is 0.112. The Morgan fingerprint density at radius 2 is 1.64 bits per heavy atom. The molecule has 0 N–H and O–H groups in total. The lowest BCUT2D eigenvalue weighted by Crippen LogP contribution is -2.10. The Balaban J connectivity index is 1.92. The summed E-state index contributed by atoms with van der Waals surface area (Å²) < 4.78 is 16.3. The Morgan fingerprint density at radius 1 is 0.955 bits per heavy atom. The zero-order chi connectivity index (χ0) is 15.9. The van der Waals surface area contributed by atoms with Gasteiger partial charge in [0.25, 0.3) is 0 Å². The van der Waals surface area contributed by atoms with Crippen LogP contribution in [0.2, 0.25) is 10.0 Å². The van der Waals surface area contributed by atoms with Crippen molar-refractivity contribution in [3.05, 3.63) is 52.0 Å². The molecule has 0 radical (unpaired) electrons. The maximum Gasteiger partial charge on any atom is 0.162 e. The van der Waals surface area contributed by atoms with Crippen LogP contribution in [-0.4, -0.2) is 26.6 Å². The van der Waals surface area contributed by atoms with Gasteiger partial charge in [-0.05, 0) is 36.4 Å². The summed E-state index contributed by atoms with van der Waals surface area (Å²) in [5.41, 5.74) is 0.512. The number of hydrogen-bond donors (Lipinski definition) is 0. The number of halogens is 2. The van der Waals surface area contributed by atoms with Crippen LogP contribution in [0.1, 0.15) is 10.4 Å². The summed E-state index contributed by atoms with van der Waals surface area (Å²) in [6.45, 7) is 0.563. The summed E-state index contributed by atoms with van der Waals surface area (Å²) in [6.07, 6.45) is 0.746. The highest BCUT2D eigenvalue weighted by Gasteiger charge is 2.06. The highest BCUT2D eigenvalue weighted by atomic mass is 35.5. The third-order valence-electron chi connectivity index (χ3n) is 2.82. The van der Waals surface area contributed by atoms with Crippen LogP contribution in [0.25, 0.3) is 0 Å². The number of rotatable bonds is 7. The molecule has 0 atom stereocenters. The summed E-state index contributed by atoms with van der Waals surface area (Å²) in [5, 5.41) is 0.983. The smallest absolute Gasteiger partial charge is 0.162 e. The first-order chi connectivity index (χ1) is 10.6. The van der Waals surface area contributed by atoms with E-state index >= 15 is 0 Å². The quantitative estimate of drug-likeness (QED) is 0.557. The molecule has 116 valence electrons. The molecule has 0 unspecified atom stereocenters. The molecule has 6 heteroatoms. The van der Waals surface area contributed by atoms with Crippen LogP contribution < -0.4 is 14.2 Å². The fourth-order valence-electron chi connectivity index (χ4n) is 1.77. The Labute approximate surface area is 138 Å². The number of carbonyl (C=O) groups excluding carboxylic acids is 1. The van der Waals surface area contributed by atoms with Gasteiger partial charge in [0.15, 0.2) is 11.5 Å². The van der Waals surface area contributed by atoms with Gasteiger partial charge in [0.05, 0.1) is 12.1 Å². The molecule has 0 aliphatic carbocycles. The van der Waals surface area contributed by atoms with Crippen LogP contribution in [0, 0.1) is 0 Å². The minimum Gasteiger partial charge on any atom is -0.493 e. The third kappa shape index (κ3) is 4.29. The predicted octanol–water partition coefficient (Wildman–Crippen LogP) is 4.27. The molecule has 0 spiro atoms. The maximum absolute atomic E-state index is 10.8. The monoisotopic (exact) mass is 340 g/mol. The Hall–Kier alpha value is -1.91. The van der Waals surface area contributed by atoms with Gasteiger partial charge in [-0.1, -0.05) is 23.2 Å². The summed E-state index contributed by atoms with van der Waals surface area (Å²) >= 11 is 11.8. The van der Waals surface area contributed by atoms with Crippen LogP contribution in [0.3, 0.4) is 0 Å². The van der Waals surface area contributed by atoms with E-state index in [-0.39, 0.29) is 13.2 Å². The average Bonchev–Trinajstić information content (AvgIpc) is 2.53. The van der Waals surface area contributed by atoms with Crippen LogP contribution in [0.4, 0.5) is 0 Å². The molecule has 2 rings (SSSR count). The summed E-state index contributed by atoms with van der Waals surface area (Å²) in [5.74, 6) is 1.57. The summed E-state index contributed by atoms with van der Waals surface area (Å²) in [4.78, 5) is 10.8. The second kappa shape index (κ2) is 7.92. The molecule has 0 saturated carbocycles. The van der Waals surface area contributed by atoms with E-state index in [4.69, 9.17) is 37.4 Å². The van der Waals surface area contributed by atoms with Gasteiger partial charge >= 0.3 is 0 Å². The second-order valence-electron chi connectivity index (χ2n) is 4.30. The normalized spacial score (nSPS) is 10.1. The van der Waals surface area contributed by atoms with E-state index in [2.05, 4.69) is 0 Å². The highest BCUT2D eigenvalue weighted by molar-refractivity contribution is 6.35. The summed E-state index contributed by atoms with van der Waals surface area (Å²) in [7, 11) is 1.53. The fourth-order valence-corrected chi connectivity index (χ4v) is 2.24. The minimum atomic E-state index is 0.275. The van der Waals surface area contributed by atoms with Gasteiger partial charge in [0.2, 0.25) is 0 Å². The zero-order valence-electron chi connectivity index (χ0n) is 11.8. The van der Waals surface area contributed by atoms with Gasteiger partial charge < -0.3 is 14.2 Å². The Bertz CT molecular complexity index is 659. The number of hydrogen-bond acceptors (Lipinski definition) is 4. The molecule has 0 bridgehead atoms. The summed E-state index contributed by atoms with van der Waals surface area (Å²) in [6, 6.07) is 9.94. The number of carbonyl (C=O) groups is 1. The van der Waals surface area contributed by atoms with E-state index in [1.54, 1.807) is 36.4 Å². The molecular weight excluding hydrogens is 327 g/mol. The molecule has 4 nitrogen and oxygen atoms in total. The topological polar surface area (TPSA) is 44.8 Å². The molecule has 0 aliphatic heterocycles. The number of ether oxygens (including phenoxy) is 3. The van der Waals surface area contributed by atoms with E-state index in [0.717, 1.165) is 6.29 Å². The Morgan fingerprint density at radius 3 is 2.27 bits per heavy atom. The first-order valence-corrected chi connectivity index (χ1v) is 7.23. The van der Waals surface area contributed by atoms with E-state index in [1.807, 2.05) is 0 Å². The number of benzene rings is 2. The van der Waals surface area contributed by atoms with Crippen LogP contribution in [0.5, 0.6) is 17.2 Å². The highest BCUT2D eigenvalue weighted by Crippen LogP contribution is 2.29. The van der Waals surface area contributed by atoms with Gasteiger partial charge in [-0.25, -0.2) is 0 Å². The van der Waals surface area contributed by atoms with Gasteiger partial charge in [-0.3, -0.25) is 4.79 Å². The zero-order valence-corrected chi connectivity index (χ0v) is 13.4. The molecule has 0 saturated heterocycles. The molecule has 2 aromatic rings. The minimum absolute atomic E-state index is 0.275. The van der Waals surface area contributed by atoms with Gasteiger partial charge in [0, 0.05) is 10.6 Å². The molecular formula is C16H14Cl2O4. The first-order valence-electron chi connectivity index (χ1n) is 6.48. The molecule has 22 heavy (non-hydrogen) atoms. The standard InChI is InChI=1S/C16H14Cl2O4/c1-20-15-4-2-11(10-19)8-16(15)22-7-6-21-14-5-3-12(17)9-13(14)18/h2-5,8-10H,6-7H2,1H3. The third-order valence-corrected chi connectivity index (χ3v) is 3.35. The van der Waals surface area contributed by atoms with Crippen molar-refractivity contribution in [2.24, 2.45) is 0 Å². The molecule has 0 heterocycles. The van der Waals surface area contributed by atoms with Crippen molar-refractivity contribution in [2.75, 3.05) is 20.3 Å². The van der Waals surface area contributed by atoms with Crippen molar-refractivity contribution in [2.45, 2.75) is 0 Å². The predicted molar refractivity (Wildman–Crippen MR) is 85.8 cm³/mol.